The molecule has 90 valence electrons. The first kappa shape index (κ1) is 11.6. The number of fused-ring (bicyclic) bond motifs is 1. The minimum absolute atomic E-state index is 0.235. The second-order valence-electron chi connectivity index (χ2n) is 3.87. The lowest BCUT2D eigenvalue weighted by Crippen LogP contribution is -2.06. The number of esters is 1. The molecular weight excluding hydrogens is 218 g/mol. The summed E-state index contributed by atoms with van der Waals surface area (Å²) < 4.78 is 7.02. The SMILES string of the molecule is CC(=O)OCCCn1c(C)nc2cnccc21. The quantitative estimate of drug-likeness (QED) is 0.595. The molecule has 0 radical (unpaired) electrons. The lowest BCUT2D eigenvalue weighted by atomic mass is 10.4. The van der Waals surface area contributed by atoms with E-state index in [0.717, 1.165) is 29.8 Å². The highest BCUT2D eigenvalue weighted by molar-refractivity contribution is 5.74. The molecule has 2 heterocycles. The van der Waals surface area contributed by atoms with Crippen LogP contribution in [0.1, 0.15) is 19.2 Å². The predicted octanol–water partition coefficient (Wildman–Crippen LogP) is 1.69. The van der Waals surface area contributed by atoms with E-state index in [4.69, 9.17) is 4.74 Å². The van der Waals surface area contributed by atoms with E-state index in [0.29, 0.717) is 6.61 Å². The highest BCUT2D eigenvalue weighted by Crippen LogP contribution is 2.14. The first-order valence-electron chi connectivity index (χ1n) is 5.58. The Hall–Kier alpha value is -1.91. The number of rotatable bonds is 4. The summed E-state index contributed by atoms with van der Waals surface area (Å²) in [6.45, 7) is 4.62. The van der Waals surface area contributed by atoms with Crippen LogP contribution in [0.3, 0.4) is 0 Å². The summed E-state index contributed by atoms with van der Waals surface area (Å²) in [4.78, 5) is 19.1. The molecule has 0 N–H and O–H groups in total. The van der Waals surface area contributed by atoms with Crippen molar-refractivity contribution >= 4 is 17.0 Å². The second kappa shape index (κ2) is 4.95. The van der Waals surface area contributed by atoms with Crippen molar-refractivity contribution < 1.29 is 9.53 Å². The van der Waals surface area contributed by atoms with Crippen molar-refractivity contribution in [2.24, 2.45) is 0 Å². The molecule has 5 heteroatoms. The number of hydrogen-bond acceptors (Lipinski definition) is 4. The van der Waals surface area contributed by atoms with Gasteiger partial charge in [0.1, 0.15) is 11.3 Å². The zero-order valence-electron chi connectivity index (χ0n) is 10.0. The van der Waals surface area contributed by atoms with Gasteiger partial charge in [0.15, 0.2) is 0 Å². The number of aromatic nitrogens is 3. The van der Waals surface area contributed by atoms with Crippen LogP contribution in [0.4, 0.5) is 0 Å². The number of ether oxygens (including phenoxy) is 1. The minimum Gasteiger partial charge on any atom is -0.466 e. The monoisotopic (exact) mass is 233 g/mol. The first-order chi connectivity index (χ1) is 8.18. The van der Waals surface area contributed by atoms with Gasteiger partial charge in [0, 0.05) is 19.7 Å². The van der Waals surface area contributed by atoms with Crippen LogP contribution in [0.5, 0.6) is 0 Å². The molecule has 2 rings (SSSR count). The van der Waals surface area contributed by atoms with Crippen LogP contribution >= 0.6 is 0 Å². The van der Waals surface area contributed by atoms with Crippen LogP contribution in [-0.4, -0.2) is 27.1 Å². The average molecular weight is 233 g/mol. The first-order valence-corrected chi connectivity index (χ1v) is 5.58. The Morgan fingerprint density at radius 3 is 3.12 bits per heavy atom. The fourth-order valence-electron chi connectivity index (χ4n) is 1.82. The topological polar surface area (TPSA) is 57.0 Å². The van der Waals surface area contributed by atoms with Crippen LogP contribution in [0.25, 0.3) is 11.0 Å². The van der Waals surface area contributed by atoms with Gasteiger partial charge in [0.2, 0.25) is 0 Å². The molecule has 0 aliphatic rings. The third-order valence-corrected chi connectivity index (χ3v) is 2.57. The fourth-order valence-corrected chi connectivity index (χ4v) is 1.82. The van der Waals surface area contributed by atoms with Crippen molar-refractivity contribution in [1.82, 2.24) is 14.5 Å². The Morgan fingerprint density at radius 1 is 1.53 bits per heavy atom. The molecule has 2 aromatic heterocycles. The molecule has 0 fully saturated rings. The van der Waals surface area contributed by atoms with Gasteiger partial charge in [-0.05, 0) is 19.4 Å². The van der Waals surface area contributed by atoms with Crippen LogP contribution in [0, 0.1) is 6.92 Å². The highest BCUT2D eigenvalue weighted by Gasteiger charge is 2.06. The molecule has 0 saturated heterocycles. The van der Waals surface area contributed by atoms with Gasteiger partial charge in [-0.15, -0.1) is 0 Å². The molecule has 0 saturated carbocycles. The van der Waals surface area contributed by atoms with Crippen molar-refractivity contribution in [2.45, 2.75) is 26.8 Å². The van der Waals surface area contributed by atoms with Gasteiger partial charge in [0.25, 0.3) is 0 Å². The normalized spacial score (nSPS) is 10.7. The minimum atomic E-state index is -0.235. The van der Waals surface area contributed by atoms with Gasteiger partial charge >= 0.3 is 5.97 Å². The Balaban J connectivity index is 2.07. The van der Waals surface area contributed by atoms with E-state index in [1.54, 1.807) is 12.4 Å². The lowest BCUT2D eigenvalue weighted by molar-refractivity contribution is -0.141. The van der Waals surface area contributed by atoms with Crippen molar-refractivity contribution in [1.29, 1.82) is 0 Å². The summed E-state index contributed by atoms with van der Waals surface area (Å²) in [5, 5.41) is 0. The largest absolute Gasteiger partial charge is 0.466 e. The van der Waals surface area contributed by atoms with Crippen molar-refractivity contribution in [2.75, 3.05) is 6.61 Å². The molecule has 0 unspecified atom stereocenters. The van der Waals surface area contributed by atoms with Crippen LogP contribution in [0.15, 0.2) is 18.5 Å². The van der Waals surface area contributed by atoms with E-state index in [-0.39, 0.29) is 5.97 Å². The number of aryl methyl sites for hydroxylation is 2. The molecule has 0 aliphatic heterocycles. The standard InChI is InChI=1S/C12H15N3O2/c1-9-14-11-8-13-5-4-12(11)15(9)6-3-7-17-10(2)16/h4-5,8H,3,6-7H2,1-2H3. The maximum Gasteiger partial charge on any atom is 0.302 e. The van der Waals surface area contributed by atoms with Crippen LogP contribution < -0.4 is 0 Å². The lowest BCUT2D eigenvalue weighted by Gasteiger charge is -2.06. The summed E-state index contributed by atoms with van der Waals surface area (Å²) in [7, 11) is 0. The van der Waals surface area contributed by atoms with Crippen molar-refractivity contribution in [3.05, 3.63) is 24.3 Å². The number of carbonyl (C=O) groups excluding carboxylic acids is 1. The summed E-state index contributed by atoms with van der Waals surface area (Å²) in [6, 6.07) is 1.95. The Bertz CT molecular complexity index is 534. The van der Waals surface area contributed by atoms with Crippen molar-refractivity contribution in [3.63, 3.8) is 0 Å². The zero-order valence-corrected chi connectivity index (χ0v) is 10.0. The van der Waals surface area contributed by atoms with E-state index in [1.165, 1.54) is 6.92 Å². The van der Waals surface area contributed by atoms with E-state index in [9.17, 15) is 4.79 Å². The van der Waals surface area contributed by atoms with Crippen LogP contribution in [-0.2, 0) is 16.1 Å². The van der Waals surface area contributed by atoms with E-state index >= 15 is 0 Å². The second-order valence-corrected chi connectivity index (χ2v) is 3.87. The highest BCUT2D eigenvalue weighted by atomic mass is 16.5. The molecular formula is C12H15N3O2. The number of carbonyl (C=O) groups is 1. The fraction of sp³-hybridized carbons (Fsp3) is 0.417. The summed E-state index contributed by atoms with van der Waals surface area (Å²) in [5.74, 6) is 0.720. The predicted molar refractivity (Wildman–Crippen MR) is 63.5 cm³/mol. The van der Waals surface area contributed by atoms with Gasteiger partial charge in [-0.3, -0.25) is 9.78 Å². The maximum atomic E-state index is 10.6. The van der Waals surface area contributed by atoms with Gasteiger partial charge in [-0.2, -0.15) is 0 Å². The zero-order chi connectivity index (χ0) is 12.3. The van der Waals surface area contributed by atoms with Gasteiger partial charge in [-0.25, -0.2) is 4.98 Å². The maximum absolute atomic E-state index is 10.6. The Labute approximate surface area is 99.4 Å². The summed E-state index contributed by atoms with van der Waals surface area (Å²) >= 11 is 0. The number of hydrogen-bond donors (Lipinski definition) is 0. The average Bonchev–Trinajstić information content (AvgIpc) is 2.60. The number of pyridine rings is 1. The Morgan fingerprint density at radius 2 is 2.35 bits per heavy atom. The summed E-state index contributed by atoms with van der Waals surface area (Å²) in [6.07, 6.45) is 4.30. The van der Waals surface area contributed by atoms with E-state index < -0.39 is 0 Å². The molecule has 17 heavy (non-hydrogen) atoms. The van der Waals surface area contributed by atoms with Gasteiger partial charge in [-0.1, -0.05) is 0 Å². The molecule has 0 atom stereocenters. The molecule has 0 bridgehead atoms. The smallest absolute Gasteiger partial charge is 0.302 e. The molecule has 2 aromatic rings. The molecule has 0 amide bonds. The molecule has 5 nitrogen and oxygen atoms in total. The van der Waals surface area contributed by atoms with E-state index in [2.05, 4.69) is 14.5 Å². The van der Waals surface area contributed by atoms with Gasteiger partial charge < -0.3 is 9.30 Å². The number of nitrogens with zero attached hydrogens (tertiary/aromatic N) is 3. The molecule has 0 aliphatic carbocycles. The molecule has 0 aromatic carbocycles. The third-order valence-electron chi connectivity index (χ3n) is 2.57. The molecule has 0 spiro atoms. The van der Waals surface area contributed by atoms with Gasteiger partial charge in [0.05, 0.1) is 18.3 Å². The van der Waals surface area contributed by atoms with E-state index in [1.807, 2.05) is 13.0 Å². The number of imidazole rings is 1. The third kappa shape index (κ3) is 2.61. The van der Waals surface area contributed by atoms with Crippen LogP contribution in [0.2, 0.25) is 0 Å². The van der Waals surface area contributed by atoms with Crippen molar-refractivity contribution in [3.8, 4) is 0 Å². The summed E-state index contributed by atoms with van der Waals surface area (Å²) in [5.41, 5.74) is 1.97. The Kier molecular flexibility index (Phi) is 3.37.